The van der Waals surface area contributed by atoms with Crippen LogP contribution in [0.5, 0.6) is 0 Å². The van der Waals surface area contributed by atoms with Crippen molar-refractivity contribution in [2.24, 2.45) is 11.3 Å². The van der Waals surface area contributed by atoms with E-state index in [4.69, 9.17) is 0 Å². The largest absolute Gasteiger partial charge is 0.290 e. The van der Waals surface area contributed by atoms with Crippen LogP contribution in [0.1, 0.15) is 41.0 Å². The van der Waals surface area contributed by atoms with Gasteiger partial charge in [0.1, 0.15) is 0 Å². The van der Waals surface area contributed by atoms with Crippen LogP contribution >= 0.6 is 0 Å². The summed E-state index contributed by atoms with van der Waals surface area (Å²) >= 11 is 0. The van der Waals surface area contributed by atoms with Crippen LogP contribution in [-0.4, -0.2) is 5.78 Å². The minimum absolute atomic E-state index is 0.0615. The van der Waals surface area contributed by atoms with E-state index in [1.807, 2.05) is 19.9 Å². The summed E-state index contributed by atoms with van der Waals surface area (Å²) in [4.78, 5) is 12.2. The fraction of sp³-hybridized carbons (Fsp3) is 0.533. The topological polar surface area (TPSA) is 17.1 Å². The van der Waals surface area contributed by atoms with Gasteiger partial charge in [0.05, 0.1) is 0 Å². The van der Waals surface area contributed by atoms with Crippen molar-refractivity contribution in [3.8, 4) is 0 Å². The second-order valence-corrected chi connectivity index (χ2v) is 5.10. The van der Waals surface area contributed by atoms with Crippen molar-refractivity contribution in [2.75, 3.05) is 0 Å². The van der Waals surface area contributed by atoms with Crippen LogP contribution < -0.4 is 0 Å². The molecule has 0 fully saturated rings. The zero-order chi connectivity index (χ0) is 12.3. The molecule has 0 radical (unpaired) electrons. The van der Waals surface area contributed by atoms with Crippen LogP contribution in [0.15, 0.2) is 35.5 Å². The van der Waals surface area contributed by atoms with E-state index in [0.717, 1.165) is 17.6 Å². The molecule has 0 spiro atoms. The molecule has 1 nitrogen and oxygen atoms in total. The molecule has 0 saturated carbocycles. The molecule has 1 aliphatic carbocycles. The van der Waals surface area contributed by atoms with Crippen molar-refractivity contribution in [2.45, 2.75) is 41.0 Å². The molecule has 0 aliphatic heterocycles. The molecule has 1 heteroatoms. The fourth-order valence-electron chi connectivity index (χ4n) is 2.17. The van der Waals surface area contributed by atoms with Crippen molar-refractivity contribution in [3.63, 3.8) is 0 Å². The minimum Gasteiger partial charge on any atom is -0.290 e. The number of ketones is 1. The molecule has 16 heavy (non-hydrogen) atoms. The van der Waals surface area contributed by atoms with Crippen LogP contribution in [0.3, 0.4) is 0 Å². The lowest BCUT2D eigenvalue weighted by molar-refractivity contribution is -0.112. The first-order chi connectivity index (χ1) is 7.41. The molecule has 1 unspecified atom stereocenters. The molecule has 0 heterocycles. The van der Waals surface area contributed by atoms with Gasteiger partial charge in [-0.2, -0.15) is 0 Å². The Balaban J connectivity index is 3.12. The monoisotopic (exact) mass is 218 g/mol. The summed E-state index contributed by atoms with van der Waals surface area (Å²) in [5.74, 6) is 0.575. The third kappa shape index (κ3) is 2.34. The smallest absolute Gasteiger partial charge is 0.182 e. The maximum atomic E-state index is 12.2. The van der Waals surface area contributed by atoms with Gasteiger partial charge in [0.2, 0.25) is 0 Å². The van der Waals surface area contributed by atoms with Crippen LogP contribution in [0.2, 0.25) is 0 Å². The highest BCUT2D eigenvalue weighted by Gasteiger charge is 2.34. The Morgan fingerprint density at radius 1 is 1.50 bits per heavy atom. The minimum atomic E-state index is -0.0615. The predicted molar refractivity (Wildman–Crippen MR) is 69.2 cm³/mol. The van der Waals surface area contributed by atoms with Gasteiger partial charge in [-0.15, -0.1) is 0 Å². The Kier molecular flexibility index (Phi) is 3.90. The standard InChI is InChI=1S/C15H22O/c1-6-7-8-13(16)14-11(2)9-10-12(3)15(14,4)5/h7-10,12H,6H2,1-5H3. The van der Waals surface area contributed by atoms with Crippen LogP contribution in [-0.2, 0) is 4.79 Å². The average Bonchev–Trinajstić information content (AvgIpc) is 2.21. The molecule has 0 saturated heterocycles. The van der Waals surface area contributed by atoms with Crippen molar-refractivity contribution in [3.05, 3.63) is 35.5 Å². The number of carbonyl (C=O) groups excluding carboxylic acids is 1. The first-order valence-electron chi connectivity index (χ1n) is 6.01. The first kappa shape index (κ1) is 13.0. The van der Waals surface area contributed by atoms with E-state index >= 15 is 0 Å². The van der Waals surface area contributed by atoms with E-state index < -0.39 is 0 Å². The summed E-state index contributed by atoms with van der Waals surface area (Å²) in [7, 11) is 0. The second-order valence-electron chi connectivity index (χ2n) is 5.10. The van der Waals surface area contributed by atoms with Crippen molar-refractivity contribution >= 4 is 5.78 Å². The summed E-state index contributed by atoms with van der Waals surface area (Å²) in [6.07, 6.45) is 8.82. The zero-order valence-electron chi connectivity index (χ0n) is 11.0. The Morgan fingerprint density at radius 2 is 2.12 bits per heavy atom. The molecular weight excluding hydrogens is 196 g/mol. The summed E-state index contributed by atoms with van der Waals surface area (Å²) in [6.45, 7) is 10.5. The number of hydrogen-bond acceptors (Lipinski definition) is 1. The molecule has 0 aromatic heterocycles. The molecule has 1 aliphatic rings. The molecule has 0 amide bonds. The molecule has 88 valence electrons. The van der Waals surface area contributed by atoms with Crippen LogP contribution in [0, 0.1) is 11.3 Å². The summed E-state index contributed by atoms with van der Waals surface area (Å²) < 4.78 is 0. The third-order valence-corrected chi connectivity index (χ3v) is 3.56. The number of carbonyl (C=O) groups is 1. The Bertz CT molecular complexity index is 367. The summed E-state index contributed by atoms with van der Waals surface area (Å²) in [6, 6.07) is 0. The van der Waals surface area contributed by atoms with E-state index in [-0.39, 0.29) is 11.2 Å². The highest BCUT2D eigenvalue weighted by molar-refractivity contribution is 6.06. The van der Waals surface area contributed by atoms with Crippen LogP contribution in [0.25, 0.3) is 0 Å². The van der Waals surface area contributed by atoms with Gasteiger partial charge >= 0.3 is 0 Å². The van der Waals surface area contributed by atoms with Crippen molar-refractivity contribution < 1.29 is 4.79 Å². The SMILES string of the molecule is CCC=CC(=O)C1=C(C)C=CC(C)C1(C)C. The van der Waals surface area contributed by atoms with Gasteiger partial charge in [-0.25, -0.2) is 0 Å². The molecule has 0 aromatic rings. The maximum absolute atomic E-state index is 12.2. The highest BCUT2D eigenvalue weighted by Crippen LogP contribution is 2.41. The third-order valence-electron chi connectivity index (χ3n) is 3.56. The van der Waals surface area contributed by atoms with Gasteiger partial charge < -0.3 is 0 Å². The molecule has 1 rings (SSSR count). The number of hydrogen-bond donors (Lipinski definition) is 0. The van der Waals surface area contributed by atoms with Gasteiger partial charge in [-0.3, -0.25) is 4.79 Å². The van der Waals surface area contributed by atoms with E-state index in [0.29, 0.717) is 5.92 Å². The lowest BCUT2D eigenvalue weighted by atomic mass is 9.68. The molecular formula is C15H22O. The molecule has 1 atom stereocenters. The fourth-order valence-corrected chi connectivity index (χ4v) is 2.17. The quantitative estimate of drug-likeness (QED) is 0.653. The maximum Gasteiger partial charge on any atom is 0.182 e. The van der Waals surface area contributed by atoms with Gasteiger partial charge in [-0.1, -0.05) is 45.9 Å². The normalized spacial score (nSPS) is 24.2. The lowest BCUT2D eigenvalue weighted by Gasteiger charge is -2.35. The van der Waals surface area contributed by atoms with Gasteiger partial charge in [0, 0.05) is 5.57 Å². The number of allylic oxidation sites excluding steroid dienone is 6. The summed E-state index contributed by atoms with van der Waals surface area (Å²) in [5, 5.41) is 0. The zero-order valence-corrected chi connectivity index (χ0v) is 11.0. The summed E-state index contributed by atoms with van der Waals surface area (Å²) in [5.41, 5.74) is 2.01. The predicted octanol–water partition coefficient (Wildman–Crippen LogP) is 4.07. The van der Waals surface area contributed by atoms with E-state index in [1.54, 1.807) is 6.08 Å². The lowest BCUT2D eigenvalue weighted by Crippen LogP contribution is -2.30. The van der Waals surface area contributed by atoms with Crippen molar-refractivity contribution in [1.29, 1.82) is 0 Å². The Hall–Kier alpha value is -1.11. The highest BCUT2D eigenvalue weighted by atomic mass is 16.1. The van der Waals surface area contributed by atoms with Crippen LogP contribution in [0.4, 0.5) is 0 Å². The molecule has 0 bridgehead atoms. The number of rotatable bonds is 3. The van der Waals surface area contributed by atoms with Gasteiger partial charge in [0.15, 0.2) is 5.78 Å². The first-order valence-corrected chi connectivity index (χ1v) is 6.01. The van der Waals surface area contributed by atoms with Crippen molar-refractivity contribution in [1.82, 2.24) is 0 Å². The van der Waals surface area contributed by atoms with E-state index in [9.17, 15) is 4.79 Å². The van der Waals surface area contributed by atoms with E-state index in [1.165, 1.54) is 0 Å². The molecule has 0 aromatic carbocycles. The second kappa shape index (κ2) is 4.82. The Morgan fingerprint density at radius 3 is 2.69 bits per heavy atom. The van der Waals surface area contributed by atoms with Gasteiger partial charge in [-0.05, 0) is 36.3 Å². The van der Waals surface area contributed by atoms with Gasteiger partial charge in [0.25, 0.3) is 0 Å². The Labute approximate surface area is 98.9 Å². The average molecular weight is 218 g/mol. The van der Waals surface area contributed by atoms with E-state index in [2.05, 4.69) is 32.9 Å². The molecule has 0 N–H and O–H groups in total.